The van der Waals surface area contributed by atoms with Crippen molar-refractivity contribution in [3.8, 4) is 10.7 Å². The molecule has 3 aromatic rings. The van der Waals surface area contributed by atoms with Crippen LogP contribution in [0.4, 0.5) is 0 Å². The fourth-order valence-electron chi connectivity index (χ4n) is 1.78. The van der Waals surface area contributed by atoms with Crippen molar-refractivity contribution in [2.75, 3.05) is 0 Å². The van der Waals surface area contributed by atoms with Gasteiger partial charge in [-0.3, -0.25) is 5.10 Å². The lowest BCUT2D eigenvalue weighted by atomic mass is 10.2. The predicted octanol–water partition coefficient (Wildman–Crippen LogP) is 2.23. The Balaban J connectivity index is 1.91. The van der Waals surface area contributed by atoms with Gasteiger partial charge in [-0.15, -0.1) is 10.2 Å². The summed E-state index contributed by atoms with van der Waals surface area (Å²) in [5.74, 6) is 0.800. The Morgan fingerprint density at radius 1 is 1.39 bits per heavy atom. The molecule has 94 valence electrons. The van der Waals surface area contributed by atoms with E-state index in [0.717, 1.165) is 33.6 Å². The number of aryl methyl sites for hydroxylation is 2. The third-order valence-corrected chi connectivity index (χ3v) is 3.72. The average molecular weight is 262 g/mol. The Kier molecular flexibility index (Phi) is 2.83. The number of aromatic nitrogens is 6. The SMILES string of the molecule is CCCCc1cc(-c2nn3c(C)nnc3s2)n[nH]1. The van der Waals surface area contributed by atoms with Gasteiger partial charge < -0.3 is 0 Å². The van der Waals surface area contributed by atoms with Gasteiger partial charge in [-0.2, -0.15) is 14.7 Å². The van der Waals surface area contributed by atoms with Crippen LogP contribution in [-0.4, -0.2) is 30.0 Å². The van der Waals surface area contributed by atoms with Gasteiger partial charge in [0.05, 0.1) is 0 Å². The van der Waals surface area contributed by atoms with E-state index in [1.165, 1.54) is 24.2 Å². The van der Waals surface area contributed by atoms with Crippen molar-refractivity contribution < 1.29 is 0 Å². The first kappa shape index (κ1) is 11.3. The molecule has 7 heteroatoms. The van der Waals surface area contributed by atoms with Crippen molar-refractivity contribution in [2.45, 2.75) is 33.1 Å². The molecule has 0 aromatic carbocycles. The quantitative estimate of drug-likeness (QED) is 0.782. The summed E-state index contributed by atoms with van der Waals surface area (Å²) in [5, 5.41) is 20.7. The third kappa shape index (κ3) is 1.90. The van der Waals surface area contributed by atoms with Gasteiger partial charge in [0.15, 0.2) is 10.8 Å². The second kappa shape index (κ2) is 4.49. The molecule has 0 amide bonds. The number of unbranched alkanes of at least 4 members (excludes halogenated alkanes) is 1. The maximum absolute atomic E-state index is 4.46. The van der Waals surface area contributed by atoms with E-state index < -0.39 is 0 Å². The summed E-state index contributed by atoms with van der Waals surface area (Å²) in [5.41, 5.74) is 2.05. The molecule has 0 aliphatic carbocycles. The lowest BCUT2D eigenvalue weighted by Gasteiger charge is -1.91. The molecule has 0 bridgehead atoms. The summed E-state index contributed by atoms with van der Waals surface area (Å²) in [6.45, 7) is 4.07. The molecule has 6 nitrogen and oxygen atoms in total. The molecule has 3 aromatic heterocycles. The Morgan fingerprint density at radius 3 is 3.06 bits per heavy atom. The largest absolute Gasteiger partial charge is 0.282 e. The summed E-state index contributed by atoms with van der Waals surface area (Å²) in [6.07, 6.45) is 3.39. The highest BCUT2D eigenvalue weighted by molar-refractivity contribution is 7.19. The van der Waals surface area contributed by atoms with Gasteiger partial charge in [0.2, 0.25) is 4.96 Å². The second-order valence-electron chi connectivity index (χ2n) is 4.23. The van der Waals surface area contributed by atoms with E-state index >= 15 is 0 Å². The fourth-order valence-corrected chi connectivity index (χ4v) is 2.63. The molecule has 18 heavy (non-hydrogen) atoms. The van der Waals surface area contributed by atoms with Crippen molar-refractivity contribution in [3.63, 3.8) is 0 Å². The molecule has 0 aliphatic rings. The zero-order valence-corrected chi connectivity index (χ0v) is 11.2. The lowest BCUT2D eigenvalue weighted by molar-refractivity contribution is 0.772. The summed E-state index contributed by atoms with van der Waals surface area (Å²) in [7, 11) is 0. The Morgan fingerprint density at radius 2 is 2.28 bits per heavy atom. The highest BCUT2D eigenvalue weighted by atomic mass is 32.1. The molecule has 0 saturated carbocycles. The van der Waals surface area contributed by atoms with Crippen molar-refractivity contribution in [1.82, 2.24) is 30.0 Å². The van der Waals surface area contributed by atoms with E-state index in [-0.39, 0.29) is 0 Å². The molecule has 3 rings (SSSR count). The number of H-pyrrole nitrogens is 1. The molecule has 3 heterocycles. The maximum Gasteiger partial charge on any atom is 0.235 e. The molecule has 0 atom stereocenters. The number of aromatic amines is 1. The molecule has 0 saturated heterocycles. The number of nitrogens with one attached hydrogen (secondary N) is 1. The van der Waals surface area contributed by atoms with Gasteiger partial charge in [0.25, 0.3) is 0 Å². The average Bonchev–Trinajstić information content (AvgIpc) is 3.04. The van der Waals surface area contributed by atoms with Crippen molar-refractivity contribution in [3.05, 3.63) is 17.6 Å². The maximum atomic E-state index is 4.46. The van der Waals surface area contributed by atoms with Crippen LogP contribution in [0.2, 0.25) is 0 Å². The number of hydrogen-bond acceptors (Lipinski definition) is 5. The molecular weight excluding hydrogens is 248 g/mol. The first-order valence-electron chi connectivity index (χ1n) is 6.01. The van der Waals surface area contributed by atoms with Crippen LogP contribution in [0.5, 0.6) is 0 Å². The standard InChI is InChI=1S/C11H14N6S/c1-3-4-5-8-6-9(14-13-8)10-16-17-7(2)12-15-11(17)18-10/h6H,3-5H2,1-2H3,(H,13,14). The summed E-state index contributed by atoms with van der Waals surface area (Å²) in [4.78, 5) is 0.806. The number of rotatable bonds is 4. The summed E-state index contributed by atoms with van der Waals surface area (Å²) >= 11 is 1.50. The lowest BCUT2D eigenvalue weighted by Crippen LogP contribution is -1.88. The van der Waals surface area contributed by atoms with Gasteiger partial charge in [0, 0.05) is 5.69 Å². The molecule has 0 aliphatic heterocycles. The summed E-state index contributed by atoms with van der Waals surface area (Å²) in [6, 6.07) is 2.07. The van der Waals surface area contributed by atoms with Crippen molar-refractivity contribution in [1.29, 1.82) is 0 Å². The van der Waals surface area contributed by atoms with Crippen LogP contribution in [0.3, 0.4) is 0 Å². The van der Waals surface area contributed by atoms with E-state index in [4.69, 9.17) is 0 Å². The zero-order chi connectivity index (χ0) is 12.5. The van der Waals surface area contributed by atoms with Gasteiger partial charge in [0.1, 0.15) is 5.69 Å². The highest BCUT2D eigenvalue weighted by Gasteiger charge is 2.12. The van der Waals surface area contributed by atoms with E-state index in [1.54, 1.807) is 4.52 Å². The number of nitrogens with zero attached hydrogens (tertiary/aromatic N) is 5. The Hall–Kier alpha value is -1.76. The van der Waals surface area contributed by atoms with Crippen LogP contribution in [0, 0.1) is 6.92 Å². The zero-order valence-electron chi connectivity index (χ0n) is 10.3. The first-order chi connectivity index (χ1) is 8.78. The molecule has 0 spiro atoms. The van der Waals surface area contributed by atoms with Crippen molar-refractivity contribution in [2.24, 2.45) is 0 Å². The topological polar surface area (TPSA) is 71.8 Å². The van der Waals surface area contributed by atoms with Crippen LogP contribution >= 0.6 is 11.3 Å². The minimum atomic E-state index is 0.800. The van der Waals surface area contributed by atoms with Gasteiger partial charge in [-0.05, 0) is 25.8 Å². The van der Waals surface area contributed by atoms with Crippen LogP contribution in [-0.2, 0) is 6.42 Å². The second-order valence-corrected chi connectivity index (χ2v) is 5.19. The minimum absolute atomic E-state index is 0.800. The molecule has 0 fully saturated rings. The minimum Gasteiger partial charge on any atom is -0.282 e. The molecule has 1 N–H and O–H groups in total. The number of hydrogen-bond donors (Lipinski definition) is 1. The van der Waals surface area contributed by atoms with Crippen LogP contribution in [0.25, 0.3) is 15.7 Å². The normalized spacial score (nSPS) is 11.4. The smallest absolute Gasteiger partial charge is 0.235 e. The van der Waals surface area contributed by atoms with E-state index in [2.05, 4.69) is 38.5 Å². The van der Waals surface area contributed by atoms with E-state index in [9.17, 15) is 0 Å². The van der Waals surface area contributed by atoms with Crippen molar-refractivity contribution >= 4 is 16.3 Å². The van der Waals surface area contributed by atoms with Gasteiger partial charge in [-0.25, -0.2) is 0 Å². The molecule has 0 radical (unpaired) electrons. The molecular formula is C11H14N6S. The summed E-state index contributed by atoms with van der Waals surface area (Å²) < 4.78 is 1.75. The Labute approximate surface area is 108 Å². The third-order valence-electron chi connectivity index (χ3n) is 2.80. The van der Waals surface area contributed by atoms with E-state index in [1.807, 2.05) is 6.92 Å². The highest BCUT2D eigenvalue weighted by Crippen LogP contribution is 2.24. The van der Waals surface area contributed by atoms with E-state index in [0.29, 0.717) is 0 Å². The molecule has 0 unspecified atom stereocenters. The number of fused-ring (bicyclic) bond motifs is 1. The predicted molar refractivity (Wildman–Crippen MR) is 69.6 cm³/mol. The van der Waals surface area contributed by atoms with Gasteiger partial charge >= 0.3 is 0 Å². The fraction of sp³-hybridized carbons (Fsp3) is 0.455. The van der Waals surface area contributed by atoms with Crippen LogP contribution in [0.15, 0.2) is 6.07 Å². The van der Waals surface area contributed by atoms with Crippen LogP contribution < -0.4 is 0 Å². The monoisotopic (exact) mass is 262 g/mol. The van der Waals surface area contributed by atoms with Gasteiger partial charge in [-0.1, -0.05) is 24.7 Å². The van der Waals surface area contributed by atoms with Crippen LogP contribution in [0.1, 0.15) is 31.3 Å². The first-order valence-corrected chi connectivity index (χ1v) is 6.83. The Bertz CT molecular complexity index is 664.